The summed E-state index contributed by atoms with van der Waals surface area (Å²) in [7, 11) is 0. The summed E-state index contributed by atoms with van der Waals surface area (Å²) < 4.78 is 0. The molecule has 0 aliphatic carbocycles. The van der Waals surface area contributed by atoms with Crippen molar-refractivity contribution in [2.24, 2.45) is 10.3 Å². The highest BCUT2D eigenvalue weighted by Crippen LogP contribution is 2.28. The van der Waals surface area contributed by atoms with Crippen LogP contribution in [0.3, 0.4) is 0 Å². The minimum Gasteiger partial charge on any atom is -0.259 e. The first-order valence-electron chi connectivity index (χ1n) is 4.47. The van der Waals surface area contributed by atoms with Crippen LogP contribution in [0.25, 0.3) is 0 Å². The molecule has 0 spiro atoms. The van der Waals surface area contributed by atoms with Gasteiger partial charge in [-0.1, -0.05) is 19.0 Å². The van der Waals surface area contributed by atoms with E-state index in [9.17, 15) is 4.79 Å². The highest BCUT2D eigenvalue weighted by molar-refractivity contribution is 5.93. The Balaban J connectivity index is 2.63. The number of quaternary nitrogens is 1. The van der Waals surface area contributed by atoms with Crippen LogP contribution < -0.4 is 5.43 Å². The Morgan fingerprint density at radius 2 is 2.21 bits per heavy atom. The Morgan fingerprint density at radius 3 is 2.93 bits per heavy atom. The summed E-state index contributed by atoms with van der Waals surface area (Å²) in [6.45, 7) is 4.03. The number of hydrogen-bond acceptors (Lipinski definition) is 4. The molecule has 2 rings (SSSR count). The van der Waals surface area contributed by atoms with E-state index in [0.717, 1.165) is 5.69 Å². The Hall–Kier alpha value is -1.62. The van der Waals surface area contributed by atoms with Gasteiger partial charge in [0.1, 0.15) is 11.3 Å². The van der Waals surface area contributed by atoms with E-state index in [-0.39, 0.29) is 11.8 Å². The molecule has 0 aromatic carbocycles. The average molecular weight is 191 g/mol. The minimum atomic E-state index is -0.0979. The molecule has 0 bridgehead atoms. The van der Waals surface area contributed by atoms with E-state index >= 15 is 0 Å². The van der Waals surface area contributed by atoms with E-state index in [1.54, 1.807) is 12.3 Å². The van der Waals surface area contributed by atoms with Gasteiger partial charge in [-0.2, -0.15) is 0 Å². The normalized spacial score (nSPS) is 14.6. The largest absolute Gasteiger partial charge is 0.372 e. The van der Waals surface area contributed by atoms with Crippen molar-refractivity contribution in [2.45, 2.75) is 19.8 Å². The van der Waals surface area contributed by atoms with E-state index in [4.69, 9.17) is 0 Å². The third kappa shape index (κ3) is 1.31. The molecule has 72 valence electrons. The number of rotatable bonds is 1. The summed E-state index contributed by atoms with van der Waals surface area (Å²) in [5, 5.41) is 7.60. The van der Waals surface area contributed by atoms with Crippen molar-refractivity contribution in [3.05, 3.63) is 23.5 Å². The second-order valence-electron chi connectivity index (χ2n) is 3.46. The van der Waals surface area contributed by atoms with Crippen LogP contribution in [0.4, 0.5) is 5.69 Å². The van der Waals surface area contributed by atoms with Crippen LogP contribution in [-0.2, 0) is 0 Å². The molecule has 0 fully saturated rings. The van der Waals surface area contributed by atoms with Gasteiger partial charge in [0.05, 0.1) is 5.69 Å². The minimum absolute atomic E-state index is 0.0979. The van der Waals surface area contributed by atoms with E-state index in [0.29, 0.717) is 11.3 Å². The van der Waals surface area contributed by atoms with Gasteiger partial charge in [-0.3, -0.25) is 4.98 Å². The monoisotopic (exact) mass is 191 g/mol. The van der Waals surface area contributed by atoms with Crippen LogP contribution in [-0.4, -0.2) is 10.9 Å². The summed E-state index contributed by atoms with van der Waals surface area (Å²) in [6, 6.07) is 1.68. The Labute approximate surface area is 81.2 Å². The van der Waals surface area contributed by atoms with E-state index in [1.807, 2.05) is 13.8 Å². The van der Waals surface area contributed by atoms with E-state index in [1.165, 1.54) is 5.43 Å². The number of pyridine rings is 1. The summed E-state index contributed by atoms with van der Waals surface area (Å²) in [5.74, 6) is 0.147. The number of nitrogens with two attached hydrogens (primary N) is 1. The molecular formula is C9H11N4O+. The molecule has 0 saturated heterocycles. The van der Waals surface area contributed by atoms with Gasteiger partial charge in [-0.05, 0) is 12.0 Å². The molecule has 1 aliphatic rings. The van der Waals surface area contributed by atoms with Crippen LogP contribution in [0.15, 0.2) is 22.6 Å². The van der Waals surface area contributed by atoms with Crippen LogP contribution in [0.5, 0.6) is 0 Å². The molecule has 1 aliphatic heterocycles. The molecule has 2 N–H and O–H groups in total. The Bertz CT molecular complexity index is 411. The number of fused-ring (bicyclic) bond motifs is 1. The second-order valence-corrected chi connectivity index (χ2v) is 3.46. The Kier molecular flexibility index (Phi) is 2.09. The van der Waals surface area contributed by atoms with Crippen LogP contribution in [0.2, 0.25) is 0 Å². The lowest BCUT2D eigenvalue weighted by molar-refractivity contribution is -0.570. The number of primary amides is 1. The highest BCUT2D eigenvalue weighted by Gasteiger charge is 2.23. The average Bonchev–Trinajstić information content (AvgIpc) is 2.17. The molecule has 0 atom stereocenters. The smallest absolute Gasteiger partial charge is 0.259 e. The predicted octanol–water partition coefficient (Wildman–Crippen LogP) is 0.921. The second kappa shape index (κ2) is 3.26. The number of hydrogen-bond donors (Lipinski definition) is 1. The van der Waals surface area contributed by atoms with Crippen LogP contribution >= 0.6 is 0 Å². The third-order valence-electron chi connectivity index (χ3n) is 2.10. The molecule has 2 heterocycles. The van der Waals surface area contributed by atoms with Crippen molar-refractivity contribution in [2.75, 3.05) is 0 Å². The number of carbonyl (C=O) groups is 1. The quantitative estimate of drug-likeness (QED) is 0.670. The van der Waals surface area contributed by atoms with Gasteiger partial charge in [0, 0.05) is 11.4 Å². The number of aromatic nitrogens is 1. The third-order valence-corrected chi connectivity index (χ3v) is 2.10. The van der Waals surface area contributed by atoms with Gasteiger partial charge in [0.2, 0.25) is 0 Å². The fraction of sp³-hybridized carbons (Fsp3) is 0.333. The van der Waals surface area contributed by atoms with Gasteiger partial charge in [0.25, 0.3) is 0 Å². The summed E-state index contributed by atoms with van der Waals surface area (Å²) >= 11 is 0. The van der Waals surface area contributed by atoms with Crippen molar-refractivity contribution in [1.82, 2.24) is 4.98 Å². The molecule has 1 amide bonds. The first kappa shape index (κ1) is 8.96. The zero-order valence-corrected chi connectivity index (χ0v) is 8.06. The molecular weight excluding hydrogens is 180 g/mol. The molecule has 5 heteroatoms. The van der Waals surface area contributed by atoms with Gasteiger partial charge >= 0.3 is 5.91 Å². The van der Waals surface area contributed by atoms with Gasteiger partial charge in [0.15, 0.2) is 0 Å². The predicted molar refractivity (Wildman–Crippen MR) is 49.1 cm³/mol. The summed E-state index contributed by atoms with van der Waals surface area (Å²) in [5.41, 5.74) is 3.27. The molecule has 0 saturated carbocycles. The summed E-state index contributed by atoms with van der Waals surface area (Å²) in [6.07, 6.45) is 1.64. The van der Waals surface area contributed by atoms with E-state index < -0.39 is 0 Å². The lowest BCUT2D eigenvalue weighted by atomic mass is 10.0. The number of carbonyl (C=O) groups excluding carboxylic acids is 1. The van der Waals surface area contributed by atoms with Crippen LogP contribution in [0, 0.1) is 0 Å². The number of nitrogens with zero attached hydrogens (tertiary/aromatic N) is 3. The molecule has 1 aromatic heterocycles. The van der Waals surface area contributed by atoms with Gasteiger partial charge in [-0.25, -0.2) is 4.79 Å². The molecule has 5 nitrogen and oxygen atoms in total. The lowest BCUT2D eigenvalue weighted by Crippen LogP contribution is -2.82. The Morgan fingerprint density at radius 1 is 1.43 bits per heavy atom. The molecule has 0 unspecified atom stereocenters. The maximum Gasteiger partial charge on any atom is 0.372 e. The van der Waals surface area contributed by atoms with Crippen molar-refractivity contribution in [1.29, 1.82) is 0 Å². The standard InChI is InChI=1S/C9H10N4O/c1-5(2)7-8-6(3-4-10-7)9(14)12-13-11-8/h3-5H,1-2H3,(H,11,12,14)/p+1. The number of amides is 1. The van der Waals surface area contributed by atoms with Crippen molar-refractivity contribution in [3.8, 4) is 0 Å². The zero-order valence-electron chi connectivity index (χ0n) is 8.06. The molecule has 1 aromatic rings. The molecule has 14 heavy (non-hydrogen) atoms. The van der Waals surface area contributed by atoms with Crippen molar-refractivity contribution in [3.63, 3.8) is 0 Å². The maximum absolute atomic E-state index is 11.4. The van der Waals surface area contributed by atoms with Crippen molar-refractivity contribution < 1.29 is 10.2 Å². The van der Waals surface area contributed by atoms with Crippen LogP contribution in [0.1, 0.15) is 35.8 Å². The fourth-order valence-corrected chi connectivity index (χ4v) is 1.41. The zero-order chi connectivity index (χ0) is 10.1. The van der Waals surface area contributed by atoms with Gasteiger partial charge < -0.3 is 0 Å². The van der Waals surface area contributed by atoms with Crippen molar-refractivity contribution >= 4 is 11.6 Å². The first-order valence-corrected chi connectivity index (χ1v) is 4.47. The maximum atomic E-state index is 11.4. The fourth-order valence-electron chi connectivity index (χ4n) is 1.41. The lowest BCUT2D eigenvalue weighted by Gasteiger charge is -2.10. The van der Waals surface area contributed by atoms with Gasteiger partial charge in [-0.15, -0.1) is 5.43 Å². The summed E-state index contributed by atoms with van der Waals surface area (Å²) in [4.78, 5) is 15.6. The SMILES string of the molecule is CC(C)c1nccc2c1N=N[NH2+]C2=O. The first-order chi connectivity index (χ1) is 6.70. The van der Waals surface area contributed by atoms with E-state index in [2.05, 4.69) is 15.3 Å². The molecule has 0 radical (unpaired) electrons. The highest BCUT2D eigenvalue weighted by atomic mass is 16.2. The topological polar surface area (TPSA) is 71.3 Å².